The van der Waals surface area contributed by atoms with Gasteiger partial charge in [0.15, 0.2) is 0 Å². The van der Waals surface area contributed by atoms with Gasteiger partial charge in [-0.25, -0.2) is 8.42 Å². The molecule has 0 radical (unpaired) electrons. The van der Waals surface area contributed by atoms with E-state index in [0.29, 0.717) is 17.8 Å². The molecule has 158 valence electrons. The number of fused-ring (bicyclic) bond motifs is 1. The smallest absolute Gasteiger partial charge is 0.263 e. The summed E-state index contributed by atoms with van der Waals surface area (Å²) in [5, 5.41) is 5.63. The second kappa shape index (κ2) is 9.08. The summed E-state index contributed by atoms with van der Waals surface area (Å²) in [4.78, 5) is 28.4. The molecule has 0 aromatic heterocycles. The van der Waals surface area contributed by atoms with Crippen LogP contribution in [0.5, 0.6) is 0 Å². The Hall–Kier alpha value is -3.20. The molecule has 3 rings (SSSR count). The molecule has 2 aromatic rings. The summed E-state index contributed by atoms with van der Waals surface area (Å²) in [6.07, 6.45) is 0.122. The number of sulfonamides is 1. The molecule has 2 aromatic carbocycles. The molecule has 8 nitrogen and oxygen atoms in total. The highest BCUT2D eigenvalue weighted by Crippen LogP contribution is 2.22. The summed E-state index contributed by atoms with van der Waals surface area (Å²) in [5.74, 6) is -0.136. The zero-order valence-corrected chi connectivity index (χ0v) is 17.6. The van der Waals surface area contributed by atoms with Crippen LogP contribution in [-0.2, 0) is 26.2 Å². The SMILES string of the molecule is CC(C)C(=O)Nc1cccc(CNC(=O)CCN=C2NS(=O)(=O)c3ccccc32)c1. The van der Waals surface area contributed by atoms with Gasteiger partial charge in [-0.2, -0.15) is 0 Å². The number of carbonyl (C=O) groups excluding carboxylic acids is 2. The van der Waals surface area contributed by atoms with Crippen LogP contribution in [0.25, 0.3) is 0 Å². The predicted octanol–water partition coefficient (Wildman–Crippen LogP) is 2.03. The highest BCUT2D eigenvalue weighted by Gasteiger charge is 2.29. The van der Waals surface area contributed by atoms with E-state index in [0.717, 1.165) is 5.56 Å². The van der Waals surface area contributed by atoms with Gasteiger partial charge in [-0.1, -0.05) is 38.1 Å². The average molecular weight is 429 g/mol. The van der Waals surface area contributed by atoms with Gasteiger partial charge in [-0.3, -0.25) is 19.3 Å². The van der Waals surface area contributed by atoms with Gasteiger partial charge in [-0.05, 0) is 29.8 Å². The van der Waals surface area contributed by atoms with E-state index in [1.54, 1.807) is 24.3 Å². The van der Waals surface area contributed by atoms with E-state index < -0.39 is 10.0 Å². The average Bonchev–Trinajstić information content (AvgIpc) is 2.97. The van der Waals surface area contributed by atoms with Crippen molar-refractivity contribution in [1.29, 1.82) is 0 Å². The van der Waals surface area contributed by atoms with Gasteiger partial charge < -0.3 is 10.6 Å². The molecule has 0 aliphatic carbocycles. The Morgan fingerprint density at radius 1 is 1.10 bits per heavy atom. The second-order valence-electron chi connectivity index (χ2n) is 7.20. The molecule has 1 aliphatic rings. The highest BCUT2D eigenvalue weighted by atomic mass is 32.2. The van der Waals surface area contributed by atoms with Gasteiger partial charge >= 0.3 is 0 Å². The molecule has 1 heterocycles. The molecular formula is C21H24N4O4S. The van der Waals surface area contributed by atoms with E-state index in [2.05, 4.69) is 20.3 Å². The van der Waals surface area contributed by atoms with E-state index in [1.807, 2.05) is 32.0 Å². The third kappa shape index (κ3) is 5.24. The topological polar surface area (TPSA) is 117 Å². The van der Waals surface area contributed by atoms with Crippen LogP contribution in [0.15, 0.2) is 58.4 Å². The summed E-state index contributed by atoms with van der Waals surface area (Å²) in [6.45, 7) is 4.11. The summed E-state index contributed by atoms with van der Waals surface area (Å²) in [5.41, 5.74) is 2.05. The summed E-state index contributed by atoms with van der Waals surface area (Å²) < 4.78 is 26.5. The fraction of sp³-hybridized carbons (Fsp3) is 0.286. The molecule has 0 fully saturated rings. The summed E-state index contributed by atoms with van der Waals surface area (Å²) in [7, 11) is -3.58. The Morgan fingerprint density at radius 3 is 2.63 bits per heavy atom. The van der Waals surface area contributed by atoms with Crippen molar-refractivity contribution in [2.75, 3.05) is 11.9 Å². The van der Waals surface area contributed by atoms with Gasteiger partial charge in [0.25, 0.3) is 10.0 Å². The first-order chi connectivity index (χ1) is 14.3. The Labute approximate surface area is 175 Å². The number of hydrogen-bond acceptors (Lipinski definition) is 5. The van der Waals surface area contributed by atoms with Crippen molar-refractivity contribution in [2.24, 2.45) is 10.9 Å². The maximum Gasteiger partial charge on any atom is 0.263 e. The lowest BCUT2D eigenvalue weighted by molar-refractivity contribution is -0.121. The van der Waals surface area contributed by atoms with Gasteiger partial charge in [0.05, 0.1) is 11.4 Å². The molecule has 1 aliphatic heterocycles. The van der Waals surface area contributed by atoms with E-state index >= 15 is 0 Å². The number of nitrogens with one attached hydrogen (secondary N) is 3. The Balaban J connectivity index is 1.52. The number of nitrogens with zero attached hydrogens (tertiary/aromatic N) is 1. The van der Waals surface area contributed by atoms with E-state index in [4.69, 9.17) is 0 Å². The minimum Gasteiger partial charge on any atom is -0.352 e. The van der Waals surface area contributed by atoms with Crippen LogP contribution in [0.1, 0.15) is 31.4 Å². The molecule has 30 heavy (non-hydrogen) atoms. The number of rotatable bonds is 7. The Bertz CT molecular complexity index is 1090. The molecule has 0 saturated heterocycles. The minimum absolute atomic E-state index is 0.0700. The monoisotopic (exact) mass is 428 g/mol. The third-order valence-corrected chi connectivity index (χ3v) is 5.88. The number of carbonyl (C=O) groups is 2. The predicted molar refractivity (Wildman–Crippen MR) is 115 cm³/mol. The second-order valence-corrected chi connectivity index (χ2v) is 8.85. The van der Waals surface area contributed by atoms with Crippen molar-refractivity contribution < 1.29 is 18.0 Å². The molecular weight excluding hydrogens is 404 g/mol. The van der Waals surface area contributed by atoms with Crippen molar-refractivity contribution in [3.63, 3.8) is 0 Å². The first-order valence-electron chi connectivity index (χ1n) is 9.59. The fourth-order valence-corrected chi connectivity index (χ4v) is 4.11. The van der Waals surface area contributed by atoms with Crippen LogP contribution >= 0.6 is 0 Å². The molecule has 9 heteroatoms. The number of amides is 2. The van der Waals surface area contributed by atoms with Crippen molar-refractivity contribution >= 4 is 33.4 Å². The van der Waals surface area contributed by atoms with Crippen LogP contribution in [0.3, 0.4) is 0 Å². The molecule has 0 spiro atoms. The first kappa shape index (κ1) is 21.5. The third-order valence-electron chi connectivity index (χ3n) is 4.48. The van der Waals surface area contributed by atoms with Crippen LogP contribution in [0, 0.1) is 5.92 Å². The molecule has 0 saturated carbocycles. The van der Waals surface area contributed by atoms with Crippen LogP contribution in [0.2, 0.25) is 0 Å². The van der Waals surface area contributed by atoms with E-state index in [9.17, 15) is 18.0 Å². The van der Waals surface area contributed by atoms with Crippen LogP contribution < -0.4 is 15.4 Å². The zero-order chi connectivity index (χ0) is 21.7. The molecule has 2 amide bonds. The summed E-state index contributed by atoms with van der Waals surface area (Å²) >= 11 is 0. The van der Waals surface area contributed by atoms with Crippen LogP contribution in [0.4, 0.5) is 5.69 Å². The maximum absolute atomic E-state index is 12.1. The van der Waals surface area contributed by atoms with Gasteiger partial charge in [0.2, 0.25) is 11.8 Å². The van der Waals surface area contributed by atoms with Crippen molar-refractivity contribution in [3.05, 3.63) is 59.7 Å². The Morgan fingerprint density at radius 2 is 1.87 bits per heavy atom. The number of amidine groups is 1. The molecule has 3 N–H and O–H groups in total. The lowest BCUT2D eigenvalue weighted by atomic mass is 10.1. The van der Waals surface area contributed by atoms with Gasteiger partial charge in [-0.15, -0.1) is 0 Å². The van der Waals surface area contributed by atoms with Crippen molar-refractivity contribution in [3.8, 4) is 0 Å². The maximum atomic E-state index is 12.1. The number of aliphatic imine (C=N–C) groups is 1. The van der Waals surface area contributed by atoms with Crippen LogP contribution in [-0.4, -0.2) is 32.6 Å². The summed E-state index contributed by atoms with van der Waals surface area (Å²) in [6, 6.07) is 13.9. The van der Waals surface area contributed by atoms with Crippen molar-refractivity contribution in [2.45, 2.75) is 31.7 Å². The van der Waals surface area contributed by atoms with E-state index in [-0.39, 0.29) is 41.4 Å². The standard InChI is InChI=1S/C21H24N4O4S/c1-14(2)21(27)24-16-7-5-6-15(12-16)13-23-19(26)10-11-22-20-17-8-3-4-9-18(17)30(28,29)25-20/h3-9,12,14H,10-11,13H2,1-2H3,(H,22,25)(H,23,26)(H,24,27). The first-order valence-corrected chi connectivity index (χ1v) is 11.1. The van der Waals surface area contributed by atoms with Gasteiger partial charge in [0.1, 0.15) is 5.84 Å². The fourth-order valence-electron chi connectivity index (χ4n) is 2.86. The lowest BCUT2D eigenvalue weighted by Gasteiger charge is -2.10. The molecule has 0 atom stereocenters. The lowest BCUT2D eigenvalue weighted by Crippen LogP contribution is -2.25. The zero-order valence-electron chi connectivity index (χ0n) is 16.8. The number of hydrogen-bond donors (Lipinski definition) is 3. The highest BCUT2D eigenvalue weighted by molar-refractivity contribution is 7.90. The van der Waals surface area contributed by atoms with E-state index in [1.165, 1.54) is 6.07 Å². The largest absolute Gasteiger partial charge is 0.352 e. The minimum atomic E-state index is -3.58. The van der Waals surface area contributed by atoms with Gasteiger partial charge in [0, 0.05) is 30.1 Å². The normalized spacial score (nSPS) is 15.5. The molecule has 0 unspecified atom stereocenters. The molecule has 0 bridgehead atoms. The Kier molecular flexibility index (Phi) is 6.51. The number of anilines is 1. The number of benzene rings is 2. The quantitative estimate of drug-likeness (QED) is 0.625. The van der Waals surface area contributed by atoms with Crippen molar-refractivity contribution in [1.82, 2.24) is 10.0 Å².